The summed E-state index contributed by atoms with van der Waals surface area (Å²) in [5, 5.41) is 3.72. The van der Waals surface area contributed by atoms with Gasteiger partial charge in [-0.05, 0) is 12.1 Å². The molecule has 0 saturated heterocycles. The van der Waals surface area contributed by atoms with Crippen LogP contribution in [-0.4, -0.2) is 31.7 Å². The van der Waals surface area contributed by atoms with Crippen molar-refractivity contribution in [3.8, 4) is 17.2 Å². The highest BCUT2D eigenvalue weighted by atomic mass is 16.5. The van der Waals surface area contributed by atoms with E-state index in [1.54, 1.807) is 44.7 Å². The lowest BCUT2D eigenvalue weighted by Gasteiger charge is -2.11. The molecule has 0 bridgehead atoms. The van der Waals surface area contributed by atoms with Gasteiger partial charge >= 0.3 is 0 Å². The molecule has 3 rings (SSSR count). The SMILES string of the molecule is COc1cc(NC(=O)COc2cccc3cccnc23)cc(OC)c1. The number of aromatic nitrogens is 1. The zero-order chi connectivity index (χ0) is 17.6. The van der Waals surface area contributed by atoms with Gasteiger partial charge in [0, 0.05) is 35.5 Å². The number of nitrogens with zero attached hydrogens (tertiary/aromatic N) is 1. The van der Waals surface area contributed by atoms with E-state index in [4.69, 9.17) is 14.2 Å². The van der Waals surface area contributed by atoms with Crippen LogP contribution in [0, 0.1) is 0 Å². The molecule has 1 amide bonds. The number of rotatable bonds is 6. The molecule has 128 valence electrons. The predicted octanol–water partition coefficient (Wildman–Crippen LogP) is 3.27. The molecule has 6 nitrogen and oxygen atoms in total. The molecule has 2 aromatic carbocycles. The Bertz CT molecular complexity index is 868. The summed E-state index contributed by atoms with van der Waals surface area (Å²) < 4.78 is 16.0. The van der Waals surface area contributed by atoms with E-state index in [2.05, 4.69) is 10.3 Å². The third kappa shape index (κ3) is 3.98. The Morgan fingerprint density at radius 3 is 2.48 bits per heavy atom. The molecule has 0 unspecified atom stereocenters. The first kappa shape index (κ1) is 16.6. The van der Waals surface area contributed by atoms with Crippen molar-refractivity contribution in [2.24, 2.45) is 0 Å². The summed E-state index contributed by atoms with van der Waals surface area (Å²) in [6, 6.07) is 14.5. The first-order valence-electron chi connectivity index (χ1n) is 7.69. The fourth-order valence-corrected chi connectivity index (χ4v) is 2.41. The van der Waals surface area contributed by atoms with Crippen LogP contribution in [0.3, 0.4) is 0 Å². The Kier molecular flexibility index (Phi) is 4.99. The summed E-state index contributed by atoms with van der Waals surface area (Å²) in [7, 11) is 3.11. The molecule has 0 saturated carbocycles. The summed E-state index contributed by atoms with van der Waals surface area (Å²) in [4.78, 5) is 16.5. The normalized spacial score (nSPS) is 10.3. The summed E-state index contributed by atoms with van der Waals surface area (Å²) in [5.74, 6) is 1.46. The molecule has 1 N–H and O–H groups in total. The zero-order valence-electron chi connectivity index (χ0n) is 14.0. The second kappa shape index (κ2) is 7.53. The van der Waals surface area contributed by atoms with Crippen molar-refractivity contribution in [1.29, 1.82) is 0 Å². The molecule has 0 radical (unpaired) electrons. The van der Waals surface area contributed by atoms with E-state index in [0.717, 1.165) is 10.9 Å². The summed E-state index contributed by atoms with van der Waals surface area (Å²) in [5.41, 5.74) is 1.29. The van der Waals surface area contributed by atoms with Crippen LogP contribution >= 0.6 is 0 Å². The van der Waals surface area contributed by atoms with Crippen LogP contribution in [-0.2, 0) is 4.79 Å². The van der Waals surface area contributed by atoms with Gasteiger partial charge in [-0.1, -0.05) is 18.2 Å². The topological polar surface area (TPSA) is 69.7 Å². The number of fused-ring (bicyclic) bond motifs is 1. The van der Waals surface area contributed by atoms with Crippen LogP contribution in [0.5, 0.6) is 17.2 Å². The third-order valence-corrected chi connectivity index (χ3v) is 3.59. The lowest BCUT2D eigenvalue weighted by Crippen LogP contribution is -2.20. The van der Waals surface area contributed by atoms with Crippen molar-refractivity contribution in [2.75, 3.05) is 26.1 Å². The Labute approximate surface area is 145 Å². The lowest BCUT2D eigenvalue weighted by molar-refractivity contribution is -0.118. The van der Waals surface area contributed by atoms with Gasteiger partial charge in [0.25, 0.3) is 5.91 Å². The van der Waals surface area contributed by atoms with Gasteiger partial charge in [0.05, 0.1) is 14.2 Å². The van der Waals surface area contributed by atoms with E-state index < -0.39 is 0 Å². The summed E-state index contributed by atoms with van der Waals surface area (Å²) in [6.07, 6.45) is 1.69. The maximum atomic E-state index is 12.2. The van der Waals surface area contributed by atoms with Crippen molar-refractivity contribution in [3.05, 3.63) is 54.7 Å². The van der Waals surface area contributed by atoms with Gasteiger partial charge in [-0.15, -0.1) is 0 Å². The van der Waals surface area contributed by atoms with Gasteiger partial charge < -0.3 is 19.5 Å². The van der Waals surface area contributed by atoms with E-state index in [1.165, 1.54) is 0 Å². The highest BCUT2D eigenvalue weighted by Crippen LogP contribution is 2.26. The number of pyridine rings is 1. The van der Waals surface area contributed by atoms with Crippen LogP contribution in [0.25, 0.3) is 10.9 Å². The molecule has 25 heavy (non-hydrogen) atoms. The standard InChI is InChI=1S/C19H18N2O4/c1-23-15-9-14(10-16(11-15)24-2)21-18(22)12-25-17-7-3-5-13-6-4-8-20-19(13)17/h3-11H,12H2,1-2H3,(H,21,22). The monoisotopic (exact) mass is 338 g/mol. The van der Waals surface area contributed by atoms with Crippen molar-refractivity contribution in [3.63, 3.8) is 0 Å². The molecule has 6 heteroatoms. The van der Waals surface area contributed by atoms with E-state index in [9.17, 15) is 4.79 Å². The number of nitrogens with one attached hydrogen (secondary N) is 1. The largest absolute Gasteiger partial charge is 0.497 e. The van der Waals surface area contributed by atoms with Gasteiger partial charge in [0.15, 0.2) is 6.61 Å². The average molecular weight is 338 g/mol. The second-order valence-corrected chi connectivity index (χ2v) is 5.27. The van der Waals surface area contributed by atoms with Gasteiger partial charge in [0.1, 0.15) is 22.8 Å². The number of para-hydroxylation sites is 1. The minimum absolute atomic E-state index is 0.130. The minimum Gasteiger partial charge on any atom is -0.497 e. The highest BCUT2D eigenvalue weighted by molar-refractivity contribution is 5.92. The van der Waals surface area contributed by atoms with Gasteiger partial charge in [-0.25, -0.2) is 0 Å². The van der Waals surface area contributed by atoms with Gasteiger partial charge in [-0.3, -0.25) is 9.78 Å². The smallest absolute Gasteiger partial charge is 0.262 e. The Morgan fingerprint density at radius 1 is 1.04 bits per heavy atom. The maximum Gasteiger partial charge on any atom is 0.262 e. The number of benzene rings is 2. The predicted molar refractivity (Wildman–Crippen MR) is 95.4 cm³/mol. The Hall–Kier alpha value is -3.28. The second-order valence-electron chi connectivity index (χ2n) is 5.27. The number of ether oxygens (including phenoxy) is 3. The number of amides is 1. The number of anilines is 1. The molecule has 0 fully saturated rings. The first-order chi connectivity index (χ1) is 12.2. The molecular formula is C19H18N2O4. The van der Waals surface area contributed by atoms with Crippen LogP contribution in [0.4, 0.5) is 5.69 Å². The van der Waals surface area contributed by atoms with Crippen LogP contribution < -0.4 is 19.5 Å². The van der Waals surface area contributed by atoms with Crippen LogP contribution in [0.1, 0.15) is 0 Å². The molecule has 0 aliphatic rings. The summed E-state index contributed by atoms with van der Waals surface area (Å²) >= 11 is 0. The van der Waals surface area contributed by atoms with E-state index in [-0.39, 0.29) is 12.5 Å². The molecule has 0 spiro atoms. The molecular weight excluding hydrogens is 320 g/mol. The molecule has 0 aliphatic heterocycles. The van der Waals surface area contributed by atoms with E-state index >= 15 is 0 Å². The summed E-state index contributed by atoms with van der Waals surface area (Å²) in [6.45, 7) is -0.130. The molecule has 0 aliphatic carbocycles. The van der Waals surface area contributed by atoms with Crippen LogP contribution in [0.15, 0.2) is 54.7 Å². The number of carbonyl (C=O) groups is 1. The van der Waals surface area contributed by atoms with E-state index in [1.807, 2.05) is 24.3 Å². The van der Waals surface area contributed by atoms with Crippen molar-refractivity contribution in [2.45, 2.75) is 0 Å². The maximum absolute atomic E-state index is 12.2. The van der Waals surface area contributed by atoms with Gasteiger partial charge in [-0.2, -0.15) is 0 Å². The molecule has 1 heterocycles. The first-order valence-corrected chi connectivity index (χ1v) is 7.69. The minimum atomic E-state index is -0.289. The number of hydrogen-bond donors (Lipinski definition) is 1. The molecule has 0 atom stereocenters. The number of hydrogen-bond acceptors (Lipinski definition) is 5. The van der Waals surface area contributed by atoms with Crippen molar-refractivity contribution >= 4 is 22.5 Å². The quantitative estimate of drug-likeness (QED) is 0.747. The lowest BCUT2D eigenvalue weighted by atomic mass is 10.2. The fourth-order valence-electron chi connectivity index (χ4n) is 2.41. The zero-order valence-corrected chi connectivity index (χ0v) is 14.0. The van der Waals surface area contributed by atoms with Crippen LogP contribution in [0.2, 0.25) is 0 Å². The van der Waals surface area contributed by atoms with E-state index in [0.29, 0.717) is 22.9 Å². The Balaban J connectivity index is 1.69. The Morgan fingerprint density at radius 2 is 1.76 bits per heavy atom. The van der Waals surface area contributed by atoms with Crippen molar-refractivity contribution in [1.82, 2.24) is 4.98 Å². The molecule has 1 aromatic heterocycles. The average Bonchev–Trinajstić information content (AvgIpc) is 2.65. The fraction of sp³-hybridized carbons (Fsp3) is 0.158. The number of methoxy groups -OCH3 is 2. The third-order valence-electron chi connectivity index (χ3n) is 3.59. The van der Waals surface area contributed by atoms with Crippen molar-refractivity contribution < 1.29 is 19.0 Å². The highest BCUT2D eigenvalue weighted by Gasteiger charge is 2.09. The number of carbonyl (C=O) groups excluding carboxylic acids is 1. The molecule has 3 aromatic rings. The van der Waals surface area contributed by atoms with Gasteiger partial charge in [0.2, 0.25) is 0 Å².